The van der Waals surface area contributed by atoms with Crippen molar-refractivity contribution in [3.63, 3.8) is 0 Å². The number of phosphoric acid groups is 1. The molecule has 2 aromatic rings. The number of fused-ring (bicyclic) bond motifs is 1. The van der Waals surface area contributed by atoms with Gasteiger partial charge in [-0.05, 0) is 41.0 Å². The maximum atomic E-state index is 13.6. The summed E-state index contributed by atoms with van der Waals surface area (Å²) in [6, 6.07) is 11.4. The SMILES string of the molecule is CC(C)(C)c1ccc2c(c1)C(C)(c1cc(C(C)(C)C)ccc1OP1(=O)OCC3(COPOC3)CO1)C(=O)O2. The van der Waals surface area contributed by atoms with E-state index in [1.165, 1.54) is 0 Å². The van der Waals surface area contributed by atoms with Crippen LogP contribution in [0.4, 0.5) is 0 Å². The lowest BCUT2D eigenvalue weighted by atomic mass is 9.73. The Kier molecular flexibility index (Phi) is 6.87. The summed E-state index contributed by atoms with van der Waals surface area (Å²) >= 11 is 0. The highest BCUT2D eigenvalue weighted by Gasteiger charge is 2.51. The highest BCUT2D eigenvalue weighted by Crippen LogP contribution is 2.58. The summed E-state index contributed by atoms with van der Waals surface area (Å²) in [5.41, 5.74) is 1.29. The van der Waals surface area contributed by atoms with Crippen molar-refractivity contribution in [3.8, 4) is 11.5 Å². The molecule has 38 heavy (non-hydrogen) atoms. The molecule has 1 unspecified atom stereocenters. The summed E-state index contributed by atoms with van der Waals surface area (Å²) in [5.74, 6) is 0.340. The topological polar surface area (TPSA) is 89.5 Å². The fourth-order valence-electron chi connectivity index (χ4n) is 4.81. The average Bonchev–Trinajstić information content (AvgIpc) is 3.11. The van der Waals surface area contributed by atoms with Crippen molar-refractivity contribution in [3.05, 3.63) is 58.7 Å². The minimum atomic E-state index is -3.98. The van der Waals surface area contributed by atoms with Crippen LogP contribution in [0.15, 0.2) is 36.4 Å². The summed E-state index contributed by atoms with van der Waals surface area (Å²) in [6.45, 7) is 15.5. The summed E-state index contributed by atoms with van der Waals surface area (Å²) < 4.78 is 47.7. The van der Waals surface area contributed by atoms with Crippen molar-refractivity contribution >= 4 is 22.8 Å². The summed E-state index contributed by atoms with van der Waals surface area (Å²) in [7, 11) is -4.00. The first-order valence-corrected chi connectivity index (χ1v) is 15.0. The molecule has 0 N–H and O–H groups in total. The van der Waals surface area contributed by atoms with Crippen LogP contribution in [0.1, 0.15) is 70.7 Å². The van der Waals surface area contributed by atoms with Crippen molar-refractivity contribution in [2.75, 3.05) is 26.4 Å². The van der Waals surface area contributed by atoms with Gasteiger partial charge in [0.25, 0.3) is 0 Å². The van der Waals surface area contributed by atoms with E-state index in [2.05, 4.69) is 41.5 Å². The Bertz CT molecular complexity index is 1290. The van der Waals surface area contributed by atoms with Gasteiger partial charge in [-0.1, -0.05) is 65.8 Å². The lowest BCUT2D eigenvalue weighted by Gasteiger charge is -2.40. The molecule has 0 saturated carbocycles. The second kappa shape index (κ2) is 9.40. The molecule has 3 heterocycles. The standard InChI is InChI=1S/C28H36O8P2/c1-25(2,3)18-8-10-22-20(12-18)27(7,24(29)35-22)21-13-19(26(4,5)6)9-11-23(21)36-38(30)33-16-28(17-34-38)14-31-37-32-15-28/h8-13,37H,14-17H2,1-7H3. The normalized spacial score (nSPS) is 30.3. The van der Waals surface area contributed by atoms with Gasteiger partial charge in [-0.15, -0.1) is 0 Å². The first-order valence-electron chi connectivity index (χ1n) is 12.8. The van der Waals surface area contributed by atoms with Crippen LogP contribution < -0.4 is 9.26 Å². The van der Waals surface area contributed by atoms with Crippen LogP contribution >= 0.6 is 16.9 Å². The van der Waals surface area contributed by atoms with E-state index in [-0.39, 0.29) is 38.8 Å². The van der Waals surface area contributed by atoms with E-state index < -0.39 is 24.6 Å². The van der Waals surface area contributed by atoms with Gasteiger partial charge < -0.3 is 18.3 Å². The molecule has 10 heteroatoms. The molecule has 1 spiro atoms. The van der Waals surface area contributed by atoms with Gasteiger partial charge in [0.05, 0.1) is 31.8 Å². The highest BCUT2D eigenvalue weighted by molar-refractivity contribution is 7.49. The van der Waals surface area contributed by atoms with E-state index in [1.807, 2.05) is 37.3 Å². The smallest absolute Gasteiger partial charge is 0.425 e. The van der Waals surface area contributed by atoms with E-state index in [1.54, 1.807) is 6.07 Å². The Hall–Kier alpha value is -1.79. The number of hydrogen-bond acceptors (Lipinski definition) is 8. The Morgan fingerprint density at radius 1 is 0.842 bits per heavy atom. The number of benzene rings is 2. The maximum absolute atomic E-state index is 13.6. The van der Waals surface area contributed by atoms with Crippen molar-refractivity contribution in [1.82, 2.24) is 0 Å². The van der Waals surface area contributed by atoms with Crippen LogP contribution in [-0.2, 0) is 43.7 Å². The molecule has 2 fully saturated rings. The minimum absolute atomic E-state index is 0.0222. The number of carbonyl (C=O) groups is 1. The summed E-state index contributed by atoms with van der Waals surface area (Å²) in [5, 5.41) is 0. The second-order valence-electron chi connectivity index (χ2n) is 12.7. The molecule has 3 aliphatic rings. The molecular weight excluding hydrogens is 526 g/mol. The molecule has 2 aromatic carbocycles. The Morgan fingerprint density at radius 3 is 1.97 bits per heavy atom. The van der Waals surface area contributed by atoms with Gasteiger partial charge in [0.2, 0.25) is 0 Å². The highest BCUT2D eigenvalue weighted by atomic mass is 31.2. The van der Waals surface area contributed by atoms with Gasteiger partial charge in [-0.3, -0.25) is 13.8 Å². The zero-order valence-electron chi connectivity index (χ0n) is 23.0. The predicted molar refractivity (Wildman–Crippen MR) is 145 cm³/mol. The molecular formula is C28H36O8P2. The van der Waals surface area contributed by atoms with Gasteiger partial charge in [0.15, 0.2) is 9.03 Å². The number of hydrogen-bond donors (Lipinski definition) is 0. The molecule has 2 saturated heterocycles. The van der Waals surface area contributed by atoms with E-state index in [9.17, 15) is 9.36 Å². The molecule has 0 radical (unpaired) electrons. The zero-order chi connectivity index (χ0) is 27.6. The number of rotatable bonds is 3. The van der Waals surface area contributed by atoms with Crippen LogP contribution in [0.2, 0.25) is 0 Å². The number of carbonyl (C=O) groups excluding carboxylic acids is 1. The van der Waals surface area contributed by atoms with Gasteiger partial charge in [0, 0.05) is 11.1 Å². The first-order chi connectivity index (χ1) is 17.7. The number of phosphoric ester groups is 1. The number of ether oxygens (including phenoxy) is 1. The molecule has 1 atom stereocenters. The van der Waals surface area contributed by atoms with Crippen LogP contribution in [0.5, 0.6) is 11.5 Å². The quantitative estimate of drug-likeness (QED) is 0.235. The zero-order valence-corrected chi connectivity index (χ0v) is 24.9. The first kappa shape index (κ1) is 27.8. The van der Waals surface area contributed by atoms with Crippen molar-refractivity contribution in [1.29, 1.82) is 0 Å². The van der Waals surface area contributed by atoms with Crippen molar-refractivity contribution in [2.24, 2.45) is 5.41 Å². The van der Waals surface area contributed by atoms with Crippen LogP contribution in [0, 0.1) is 5.41 Å². The van der Waals surface area contributed by atoms with Crippen molar-refractivity contribution in [2.45, 2.75) is 64.7 Å². The molecule has 0 amide bonds. The third-order valence-corrected chi connectivity index (χ3v) is 9.36. The Morgan fingerprint density at radius 2 is 1.39 bits per heavy atom. The molecule has 0 bridgehead atoms. The van der Waals surface area contributed by atoms with E-state index >= 15 is 0 Å². The van der Waals surface area contributed by atoms with E-state index in [4.69, 9.17) is 27.4 Å². The van der Waals surface area contributed by atoms with Crippen LogP contribution in [0.25, 0.3) is 0 Å². The predicted octanol–water partition coefficient (Wildman–Crippen LogP) is 6.58. The Balaban J connectivity index is 1.57. The van der Waals surface area contributed by atoms with Crippen LogP contribution in [-0.4, -0.2) is 32.4 Å². The molecule has 8 nitrogen and oxygen atoms in total. The fourth-order valence-corrected chi connectivity index (χ4v) is 7.07. The minimum Gasteiger partial charge on any atom is -0.425 e. The van der Waals surface area contributed by atoms with Gasteiger partial charge in [0.1, 0.15) is 16.9 Å². The second-order valence-corrected chi connectivity index (χ2v) is 15.0. The maximum Gasteiger partial charge on any atom is 0.530 e. The molecule has 0 aliphatic carbocycles. The lowest BCUT2D eigenvalue weighted by Crippen LogP contribution is -2.44. The average molecular weight is 563 g/mol. The molecule has 5 rings (SSSR count). The van der Waals surface area contributed by atoms with Gasteiger partial charge in [-0.2, -0.15) is 0 Å². The molecule has 0 aromatic heterocycles. The monoisotopic (exact) mass is 562 g/mol. The largest absolute Gasteiger partial charge is 0.530 e. The van der Waals surface area contributed by atoms with E-state index in [0.29, 0.717) is 24.5 Å². The van der Waals surface area contributed by atoms with Crippen molar-refractivity contribution < 1.29 is 36.7 Å². The van der Waals surface area contributed by atoms with E-state index in [0.717, 1.165) is 16.7 Å². The molecule has 206 valence electrons. The van der Waals surface area contributed by atoms with Gasteiger partial charge >= 0.3 is 13.8 Å². The third kappa shape index (κ3) is 4.96. The Labute approximate surface area is 226 Å². The summed E-state index contributed by atoms with van der Waals surface area (Å²) in [4.78, 5) is 13.6. The molecule has 3 aliphatic heterocycles. The third-order valence-electron chi connectivity index (χ3n) is 7.52. The van der Waals surface area contributed by atoms with Crippen LogP contribution in [0.3, 0.4) is 0 Å². The summed E-state index contributed by atoms with van der Waals surface area (Å²) in [6.07, 6.45) is 0. The fraction of sp³-hybridized carbons (Fsp3) is 0.536. The van der Waals surface area contributed by atoms with Gasteiger partial charge in [-0.25, -0.2) is 4.57 Å². The number of esters is 1. The lowest BCUT2D eigenvalue weighted by molar-refractivity contribution is -0.136.